The van der Waals surface area contributed by atoms with E-state index in [-0.39, 0.29) is 24.3 Å². The van der Waals surface area contributed by atoms with E-state index in [1.807, 2.05) is 64.5 Å². The molecule has 0 radical (unpaired) electrons. The minimum atomic E-state index is -0.687. The maximum absolute atomic E-state index is 14.3. The molecule has 1 aliphatic heterocycles. The van der Waals surface area contributed by atoms with Gasteiger partial charge in [-0.2, -0.15) is 10.1 Å². The van der Waals surface area contributed by atoms with Gasteiger partial charge < -0.3 is 19.4 Å². The first-order chi connectivity index (χ1) is 21.8. The lowest BCUT2D eigenvalue weighted by Gasteiger charge is -2.36. The molecular formula is C34H39N5O6. The normalized spacial score (nSPS) is 21.9. The number of carbonyl (C=O) groups is 1. The van der Waals surface area contributed by atoms with Crippen molar-refractivity contribution in [1.82, 2.24) is 19.2 Å². The van der Waals surface area contributed by atoms with Crippen LogP contribution in [0.2, 0.25) is 0 Å². The van der Waals surface area contributed by atoms with Gasteiger partial charge >= 0.3 is 5.97 Å². The van der Waals surface area contributed by atoms with E-state index >= 15 is 0 Å². The molecule has 1 saturated heterocycles. The van der Waals surface area contributed by atoms with Gasteiger partial charge in [0.25, 0.3) is 5.56 Å². The number of hydrogen-bond donors (Lipinski definition) is 1. The van der Waals surface area contributed by atoms with Crippen LogP contribution >= 0.6 is 0 Å². The number of oxime groups is 1. The predicted octanol–water partition coefficient (Wildman–Crippen LogP) is 4.61. The molecule has 1 atom stereocenters. The molecule has 2 aliphatic rings. The predicted molar refractivity (Wildman–Crippen MR) is 168 cm³/mol. The summed E-state index contributed by atoms with van der Waals surface area (Å²) in [5.41, 5.74) is 6.00. The number of ether oxygens (including phenoxy) is 2. The van der Waals surface area contributed by atoms with Crippen molar-refractivity contribution in [3.8, 4) is 11.1 Å². The van der Waals surface area contributed by atoms with E-state index in [0.29, 0.717) is 56.6 Å². The summed E-state index contributed by atoms with van der Waals surface area (Å²) in [4.78, 5) is 35.0. The number of nitrogens with zero attached hydrogens (tertiary/aromatic N) is 5. The summed E-state index contributed by atoms with van der Waals surface area (Å²) in [6, 6.07) is 15.9. The zero-order valence-corrected chi connectivity index (χ0v) is 25.9. The van der Waals surface area contributed by atoms with E-state index < -0.39 is 11.8 Å². The van der Waals surface area contributed by atoms with Crippen LogP contribution in [-0.4, -0.2) is 61.1 Å². The molecule has 3 heterocycles. The highest BCUT2D eigenvalue weighted by atomic mass is 16.7. The molecule has 2 aromatic carbocycles. The quantitative estimate of drug-likeness (QED) is 0.165. The number of benzene rings is 2. The van der Waals surface area contributed by atoms with Gasteiger partial charge in [0.05, 0.1) is 24.6 Å². The van der Waals surface area contributed by atoms with E-state index in [1.165, 1.54) is 13.3 Å². The second-order valence-corrected chi connectivity index (χ2v) is 11.9. The summed E-state index contributed by atoms with van der Waals surface area (Å²) >= 11 is 0. The smallest absolute Gasteiger partial charge is 0.331 e. The monoisotopic (exact) mass is 613 g/mol. The van der Waals surface area contributed by atoms with E-state index in [0.717, 1.165) is 39.9 Å². The van der Waals surface area contributed by atoms with Crippen LogP contribution in [0.5, 0.6) is 0 Å². The Hall–Kier alpha value is -4.19. The second-order valence-electron chi connectivity index (χ2n) is 11.9. The van der Waals surface area contributed by atoms with Crippen LogP contribution in [-0.2, 0) is 31.9 Å². The highest BCUT2D eigenvalue weighted by molar-refractivity contribution is 6.04. The van der Waals surface area contributed by atoms with Crippen LogP contribution in [0.25, 0.3) is 16.9 Å². The molecule has 1 aliphatic carbocycles. The van der Waals surface area contributed by atoms with Gasteiger partial charge in [-0.1, -0.05) is 67.0 Å². The Kier molecular flexibility index (Phi) is 8.93. The first-order valence-electron chi connectivity index (χ1n) is 15.6. The largest absolute Gasteiger partial charge is 0.394 e. The first kappa shape index (κ1) is 30.8. The molecule has 4 aromatic rings. The Morgan fingerprint density at radius 3 is 2.58 bits per heavy atom. The van der Waals surface area contributed by atoms with Crippen molar-refractivity contribution in [2.75, 3.05) is 13.2 Å². The molecule has 2 fully saturated rings. The van der Waals surface area contributed by atoms with Crippen LogP contribution in [0.1, 0.15) is 81.3 Å². The molecule has 45 heavy (non-hydrogen) atoms. The molecule has 11 nitrogen and oxygen atoms in total. The van der Waals surface area contributed by atoms with Crippen molar-refractivity contribution in [3.05, 3.63) is 87.6 Å². The van der Waals surface area contributed by atoms with Crippen molar-refractivity contribution in [3.63, 3.8) is 0 Å². The fraction of sp³-hybridized carbons (Fsp3) is 0.441. The van der Waals surface area contributed by atoms with Gasteiger partial charge in [0.2, 0.25) is 5.78 Å². The molecule has 1 spiro atoms. The van der Waals surface area contributed by atoms with Crippen LogP contribution in [0.15, 0.2) is 64.8 Å². The molecular weight excluding hydrogens is 574 g/mol. The lowest BCUT2D eigenvalue weighted by molar-refractivity contribution is -0.194. The zero-order chi connectivity index (χ0) is 31.6. The first-order valence-corrected chi connectivity index (χ1v) is 15.6. The Labute approximate surface area is 261 Å². The summed E-state index contributed by atoms with van der Waals surface area (Å²) in [7, 11) is 0. The fourth-order valence-electron chi connectivity index (χ4n) is 6.59. The third-order valence-electron chi connectivity index (χ3n) is 8.79. The van der Waals surface area contributed by atoms with Crippen molar-refractivity contribution in [1.29, 1.82) is 0 Å². The van der Waals surface area contributed by atoms with Crippen LogP contribution < -0.4 is 5.56 Å². The van der Waals surface area contributed by atoms with Crippen molar-refractivity contribution >= 4 is 17.5 Å². The van der Waals surface area contributed by atoms with Crippen LogP contribution in [0.3, 0.4) is 0 Å². The molecule has 236 valence electrons. The van der Waals surface area contributed by atoms with E-state index in [2.05, 4.69) is 22.2 Å². The minimum Gasteiger partial charge on any atom is -0.394 e. The zero-order valence-electron chi connectivity index (χ0n) is 25.9. The molecule has 1 saturated carbocycles. The van der Waals surface area contributed by atoms with Gasteiger partial charge in [-0.05, 0) is 42.9 Å². The van der Waals surface area contributed by atoms with E-state index in [9.17, 15) is 14.7 Å². The third kappa shape index (κ3) is 6.20. The number of aromatic nitrogens is 4. The maximum atomic E-state index is 14.3. The lowest BCUT2D eigenvalue weighted by Crippen LogP contribution is -2.40. The Morgan fingerprint density at radius 1 is 1.13 bits per heavy atom. The third-order valence-corrected chi connectivity index (χ3v) is 8.79. The number of carbonyl (C=O) groups excluding carboxylic acids is 1. The average Bonchev–Trinajstić information content (AvgIpc) is 3.70. The number of aliphatic hydroxyl groups excluding tert-OH is 1. The SMILES string of the molecule is CCCc1c(Cc2ccc(-c3ccccc3/C(C)=N/OC(C)=O)cc2)c(=O)n(C2CCC3(CC2)OCC(CO)O3)c2ncnn12. The Bertz CT molecular complexity index is 1770. The standard InChI is InChI=1S/C34H39N5O6/c1-4-7-31-30(18-24-10-12-25(13-11-24)29-9-6-5-8-28(29)22(2)37-45-23(3)41)32(42)38(33-35-21-36-39(31)33)26-14-16-34(17-15-26)43-20-27(19-40)44-34/h5-6,8-13,21,26-27,40H,4,7,14-20H2,1-3H3/b37-22+. The molecule has 2 aromatic heterocycles. The minimum absolute atomic E-state index is 0.0341. The second kappa shape index (κ2) is 13.0. The molecule has 1 N–H and O–H groups in total. The van der Waals surface area contributed by atoms with Gasteiger partial charge in [0.1, 0.15) is 12.4 Å². The topological polar surface area (TPSA) is 130 Å². The number of rotatable bonds is 9. The van der Waals surface area contributed by atoms with Crippen LogP contribution in [0, 0.1) is 0 Å². The maximum Gasteiger partial charge on any atom is 0.331 e. The molecule has 0 bridgehead atoms. The number of aliphatic hydroxyl groups is 1. The highest BCUT2D eigenvalue weighted by Crippen LogP contribution is 2.42. The van der Waals surface area contributed by atoms with Gasteiger partial charge in [0, 0.05) is 43.4 Å². The fourth-order valence-corrected chi connectivity index (χ4v) is 6.59. The van der Waals surface area contributed by atoms with Crippen molar-refractivity contribution < 1.29 is 24.2 Å². The molecule has 0 amide bonds. The number of hydrogen-bond acceptors (Lipinski definition) is 9. The average molecular weight is 614 g/mol. The summed E-state index contributed by atoms with van der Waals surface area (Å²) in [6.07, 6.45) is 5.92. The number of fused-ring (bicyclic) bond motifs is 1. The van der Waals surface area contributed by atoms with Gasteiger partial charge in [-0.3, -0.25) is 9.36 Å². The van der Waals surface area contributed by atoms with E-state index in [1.54, 1.807) is 0 Å². The van der Waals surface area contributed by atoms with Crippen molar-refractivity contribution in [2.45, 2.75) is 83.6 Å². The summed E-state index contributed by atoms with van der Waals surface area (Å²) in [6.45, 7) is 5.55. The Balaban J connectivity index is 1.31. The van der Waals surface area contributed by atoms with Crippen LogP contribution in [0.4, 0.5) is 0 Å². The highest BCUT2D eigenvalue weighted by Gasteiger charge is 2.45. The summed E-state index contributed by atoms with van der Waals surface area (Å²) in [5.74, 6) is -0.595. The summed E-state index contributed by atoms with van der Waals surface area (Å²) in [5, 5.41) is 18.1. The van der Waals surface area contributed by atoms with Gasteiger partial charge in [-0.25, -0.2) is 9.31 Å². The summed E-state index contributed by atoms with van der Waals surface area (Å²) < 4.78 is 15.7. The molecule has 1 unspecified atom stereocenters. The lowest BCUT2D eigenvalue weighted by atomic mass is 9.89. The van der Waals surface area contributed by atoms with Gasteiger partial charge in [-0.15, -0.1) is 0 Å². The molecule has 11 heteroatoms. The Morgan fingerprint density at radius 2 is 1.89 bits per heavy atom. The molecule has 6 rings (SSSR count). The number of aryl methyl sites for hydroxylation is 1. The van der Waals surface area contributed by atoms with Crippen molar-refractivity contribution in [2.24, 2.45) is 5.16 Å². The van der Waals surface area contributed by atoms with E-state index in [4.69, 9.17) is 14.3 Å². The van der Waals surface area contributed by atoms with Gasteiger partial charge in [0.15, 0.2) is 5.79 Å².